The zero-order valence-electron chi connectivity index (χ0n) is 17.0. The van der Waals surface area contributed by atoms with Gasteiger partial charge in [-0.3, -0.25) is 0 Å². The molecule has 1 unspecified atom stereocenters. The van der Waals surface area contributed by atoms with Gasteiger partial charge in [0.2, 0.25) is 5.79 Å². The molecule has 3 heterocycles. The summed E-state index contributed by atoms with van der Waals surface area (Å²) in [7, 11) is 0. The van der Waals surface area contributed by atoms with Crippen LogP contribution in [0.2, 0.25) is 0 Å². The second-order valence-electron chi connectivity index (χ2n) is 7.73. The van der Waals surface area contributed by atoms with Gasteiger partial charge in [-0.25, -0.2) is 0 Å². The highest BCUT2D eigenvalue weighted by molar-refractivity contribution is 6.21. The van der Waals surface area contributed by atoms with E-state index in [0.29, 0.717) is 0 Å². The molecule has 196 valence electrons. The van der Waals surface area contributed by atoms with Gasteiger partial charge < -0.3 is 64.9 Å². The maximum Gasteiger partial charge on any atom is 0.214 e. The second-order valence-corrected chi connectivity index (χ2v) is 8.81. The molecule has 0 amide bonds. The molecule has 0 aliphatic carbocycles. The highest BCUT2D eigenvalue weighted by Gasteiger charge is 2.58. The predicted octanol–water partition coefficient (Wildman–Crippen LogP) is -4.24. The van der Waals surface area contributed by atoms with Gasteiger partial charge in [-0.15, -0.1) is 34.8 Å². The third-order valence-electron chi connectivity index (χ3n) is 5.43. The third kappa shape index (κ3) is 6.38. The Bertz CT molecular complexity index is 593. The van der Waals surface area contributed by atoms with Crippen LogP contribution in [0.15, 0.2) is 0 Å². The Morgan fingerprint density at radius 1 is 0.848 bits per heavy atom. The van der Waals surface area contributed by atoms with Crippen LogP contribution in [0.25, 0.3) is 0 Å². The maximum atomic E-state index is 10.1. The number of hydrogen-bond acceptors (Lipinski definition) is 13. The van der Waals surface area contributed by atoms with Gasteiger partial charge in [0.1, 0.15) is 54.9 Å². The van der Waals surface area contributed by atoms with Gasteiger partial charge in [-0.1, -0.05) is 0 Å². The van der Waals surface area contributed by atoms with Crippen molar-refractivity contribution in [3.05, 3.63) is 0 Å². The summed E-state index contributed by atoms with van der Waals surface area (Å²) in [5.74, 6) is -2.43. The topological polar surface area (TPSA) is 219 Å². The Kier molecular flexibility index (Phi) is 11.2. The first kappa shape index (κ1) is 29.6. The fourth-order valence-corrected chi connectivity index (χ4v) is 4.16. The van der Waals surface area contributed by atoms with Crippen molar-refractivity contribution < 1.29 is 64.9 Å². The van der Waals surface area contributed by atoms with E-state index in [0.717, 1.165) is 0 Å². The lowest BCUT2D eigenvalue weighted by molar-refractivity contribution is -0.357. The fraction of sp³-hybridized carbons (Fsp3) is 1.00. The Morgan fingerprint density at radius 2 is 1.48 bits per heavy atom. The summed E-state index contributed by atoms with van der Waals surface area (Å²) >= 11 is 17.3. The van der Waals surface area contributed by atoms with Crippen molar-refractivity contribution in [3.8, 4) is 0 Å². The molecule has 0 aromatic carbocycles. The standard InChI is InChI=1S/C12H19Cl3O8.C5H10O5/c13-1-4-7(17)10(20)12(3-14,22-4)23-11-9(19)8(18)6(15)5(2-16)21-11;6-2-1-10-5(9)4(8)3(2)7/h4-11,16-20H,1-3H2;2-9H,1H2/t4-,5-,6+,7-,8+,9-,10+,11-,12+;2-,3+,4-,5?/m11/s1. The molecule has 0 aromatic heterocycles. The fourth-order valence-electron chi connectivity index (χ4n) is 3.35. The first-order chi connectivity index (χ1) is 15.4. The van der Waals surface area contributed by atoms with Gasteiger partial charge in [-0.2, -0.15) is 0 Å². The molecule has 0 radical (unpaired) electrons. The zero-order chi connectivity index (χ0) is 25.1. The second kappa shape index (κ2) is 12.5. The van der Waals surface area contributed by atoms with Crippen LogP contribution in [0, 0.1) is 0 Å². The van der Waals surface area contributed by atoms with E-state index in [1.54, 1.807) is 0 Å². The summed E-state index contributed by atoms with van der Waals surface area (Å²) in [5.41, 5.74) is 0. The van der Waals surface area contributed by atoms with E-state index in [1.165, 1.54) is 0 Å². The average Bonchev–Trinajstić information content (AvgIpc) is 3.06. The van der Waals surface area contributed by atoms with E-state index in [2.05, 4.69) is 4.74 Å². The van der Waals surface area contributed by atoms with Crippen molar-refractivity contribution >= 4 is 34.8 Å². The van der Waals surface area contributed by atoms with Gasteiger partial charge in [-0.05, 0) is 0 Å². The summed E-state index contributed by atoms with van der Waals surface area (Å²) in [6.07, 6.45) is -14.6. The van der Waals surface area contributed by atoms with Crippen LogP contribution in [-0.2, 0) is 18.9 Å². The van der Waals surface area contributed by atoms with Crippen molar-refractivity contribution in [3.63, 3.8) is 0 Å². The van der Waals surface area contributed by atoms with Crippen molar-refractivity contribution in [2.45, 2.75) is 78.7 Å². The molecule has 0 aromatic rings. The molecular weight excluding hydrogens is 519 g/mol. The van der Waals surface area contributed by atoms with Crippen molar-refractivity contribution in [2.24, 2.45) is 0 Å². The number of aliphatic hydroxyl groups is 9. The maximum absolute atomic E-state index is 10.1. The van der Waals surface area contributed by atoms with Gasteiger partial charge in [0.05, 0.1) is 30.4 Å². The van der Waals surface area contributed by atoms with Crippen LogP contribution < -0.4 is 0 Å². The van der Waals surface area contributed by atoms with Crippen LogP contribution in [0.3, 0.4) is 0 Å². The highest BCUT2D eigenvalue weighted by Crippen LogP contribution is 2.38. The molecule has 3 rings (SSSR count). The zero-order valence-corrected chi connectivity index (χ0v) is 19.3. The number of alkyl halides is 3. The largest absolute Gasteiger partial charge is 0.394 e. The minimum atomic E-state index is -1.90. The molecule has 3 aliphatic heterocycles. The van der Waals surface area contributed by atoms with Crippen LogP contribution in [-0.4, -0.2) is 150 Å². The monoisotopic (exact) mass is 546 g/mol. The van der Waals surface area contributed by atoms with E-state index >= 15 is 0 Å². The molecule has 13 atom stereocenters. The first-order valence-corrected chi connectivity index (χ1v) is 11.4. The van der Waals surface area contributed by atoms with Crippen LogP contribution >= 0.6 is 34.8 Å². The molecule has 16 heteroatoms. The average molecular weight is 548 g/mol. The molecule has 13 nitrogen and oxygen atoms in total. The lowest BCUT2D eigenvalue weighted by atomic mass is 10.0. The minimum absolute atomic E-state index is 0.125. The lowest BCUT2D eigenvalue weighted by Gasteiger charge is -2.43. The summed E-state index contributed by atoms with van der Waals surface area (Å²) in [6.45, 7) is -0.679. The van der Waals surface area contributed by atoms with Gasteiger partial charge in [0, 0.05) is 0 Å². The SMILES string of the molecule is OC1OC[C@@H](O)[C@H](O)[C@H]1O.OC[C@H]1O[C@H](O[C@]2(CCl)O[C@H](CCl)[C@@H](O)[C@@H]2O)[C@H](O)[C@@H](O)[C@H]1Cl. The molecule has 33 heavy (non-hydrogen) atoms. The smallest absolute Gasteiger partial charge is 0.214 e. The molecule has 3 fully saturated rings. The Labute approximate surface area is 203 Å². The molecular formula is C17H29Cl3O13. The first-order valence-electron chi connectivity index (χ1n) is 9.88. The summed E-state index contributed by atoms with van der Waals surface area (Å²) in [5, 5.41) is 83.4. The third-order valence-corrected chi connectivity index (χ3v) is 6.65. The molecule has 0 spiro atoms. The minimum Gasteiger partial charge on any atom is -0.394 e. The predicted molar refractivity (Wildman–Crippen MR) is 110 cm³/mol. The van der Waals surface area contributed by atoms with E-state index in [1.807, 2.05) is 0 Å². The number of halogens is 3. The van der Waals surface area contributed by atoms with Gasteiger partial charge >= 0.3 is 0 Å². The van der Waals surface area contributed by atoms with Gasteiger partial charge in [0.15, 0.2) is 12.6 Å². The molecule has 9 N–H and O–H groups in total. The molecule has 3 aliphatic rings. The summed E-state index contributed by atoms with van der Waals surface area (Å²) in [6, 6.07) is 0. The van der Waals surface area contributed by atoms with Gasteiger partial charge in [0.25, 0.3) is 0 Å². The number of hydrogen-bond donors (Lipinski definition) is 9. The number of aliphatic hydroxyl groups excluding tert-OH is 9. The lowest BCUT2D eigenvalue weighted by Crippen LogP contribution is -2.61. The molecule has 3 saturated heterocycles. The summed E-state index contributed by atoms with van der Waals surface area (Å²) < 4.78 is 20.6. The van der Waals surface area contributed by atoms with Crippen LogP contribution in [0.5, 0.6) is 0 Å². The Balaban J connectivity index is 0.000000321. The Hall–Kier alpha value is 0.350. The van der Waals surface area contributed by atoms with Crippen molar-refractivity contribution in [1.82, 2.24) is 0 Å². The molecule has 0 bridgehead atoms. The van der Waals surface area contributed by atoms with E-state index in [-0.39, 0.29) is 12.5 Å². The van der Waals surface area contributed by atoms with E-state index in [4.69, 9.17) is 69.4 Å². The normalized spacial score (nSPS) is 50.5. The summed E-state index contributed by atoms with van der Waals surface area (Å²) in [4.78, 5) is 0. The Morgan fingerprint density at radius 3 is 1.97 bits per heavy atom. The number of rotatable bonds is 5. The molecule has 0 saturated carbocycles. The van der Waals surface area contributed by atoms with Crippen LogP contribution in [0.1, 0.15) is 0 Å². The van der Waals surface area contributed by atoms with Crippen molar-refractivity contribution in [1.29, 1.82) is 0 Å². The van der Waals surface area contributed by atoms with Crippen LogP contribution in [0.4, 0.5) is 0 Å². The van der Waals surface area contributed by atoms with E-state index in [9.17, 15) is 25.5 Å². The van der Waals surface area contributed by atoms with Crippen molar-refractivity contribution in [2.75, 3.05) is 25.0 Å². The highest BCUT2D eigenvalue weighted by atomic mass is 35.5. The number of ether oxygens (including phenoxy) is 4. The van der Waals surface area contributed by atoms with E-state index < -0.39 is 91.2 Å². The quantitative estimate of drug-likeness (QED) is 0.149.